The van der Waals surface area contributed by atoms with E-state index in [1.165, 1.54) is 11.1 Å². The van der Waals surface area contributed by atoms with Gasteiger partial charge in [0.05, 0.1) is 6.61 Å². The van der Waals surface area contributed by atoms with E-state index in [4.69, 9.17) is 4.74 Å². The highest BCUT2D eigenvalue weighted by atomic mass is 127. The first kappa shape index (κ1) is 21.2. The summed E-state index contributed by atoms with van der Waals surface area (Å²) in [6, 6.07) is 10.1. The summed E-state index contributed by atoms with van der Waals surface area (Å²) in [4.78, 5) is 8.40. The summed E-state index contributed by atoms with van der Waals surface area (Å²) >= 11 is 0. The molecular weight excluding hydrogens is 427 g/mol. The molecule has 0 atom stereocenters. The second kappa shape index (κ2) is 11.7. The monoisotopic (exact) mass is 454 g/mol. The molecule has 0 fully saturated rings. The van der Waals surface area contributed by atoms with Crippen LogP contribution in [0.1, 0.15) is 23.6 Å². The van der Waals surface area contributed by atoms with Gasteiger partial charge in [-0.2, -0.15) is 0 Å². The van der Waals surface area contributed by atoms with Gasteiger partial charge in [0.2, 0.25) is 0 Å². The Kier molecular flexibility index (Phi) is 9.91. The summed E-state index contributed by atoms with van der Waals surface area (Å²) in [5, 5.41) is 6.68. The van der Waals surface area contributed by atoms with Crippen LogP contribution in [0.15, 0.2) is 47.7 Å². The molecule has 0 bridgehead atoms. The van der Waals surface area contributed by atoms with Gasteiger partial charge in [0.15, 0.2) is 5.96 Å². The summed E-state index contributed by atoms with van der Waals surface area (Å²) in [7, 11) is 1.78. The van der Waals surface area contributed by atoms with Crippen molar-refractivity contribution in [1.82, 2.24) is 15.6 Å². The maximum atomic E-state index is 5.65. The Hall–Kier alpha value is -1.83. The molecule has 2 aromatic rings. The van der Waals surface area contributed by atoms with E-state index in [0.29, 0.717) is 13.2 Å². The number of para-hydroxylation sites is 1. The zero-order valence-electron chi connectivity index (χ0n) is 15.1. The van der Waals surface area contributed by atoms with Crippen molar-refractivity contribution in [2.75, 3.05) is 20.2 Å². The molecule has 0 spiro atoms. The number of aryl methyl sites for hydroxylation is 1. The van der Waals surface area contributed by atoms with E-state index in [1.54, 1.807) is 7.05 Å². The average molecular weight is 454 g/mol. The standard InChI is InChI=1S/C19H26N4O.HI/c1-4-24-18-8-6-5-7-17(18)14-23-19(20-3)22-12-10-16-9-11-21-13-15(16)2;/h5-9,11,13H,4,10,12,14H2,1-3H3,(H2,20,22,23);1H. The molecule has 1 heterocycles. The van der Waals surface area contributed by atoms with Crippen molar-refractivity contribution in [1.29, 1.82) is 0 Å². The smallest absolute Gasteiger partial charge is 0.191 e. The minimum Gasteiger partial charge on any atom is -0.494 e. The summed E-state index contributed by atoms with van der Waals surface area (Å²) in [5.41, 5.74) is 3.63. The van der Waals surface area contributed by atoms with Gasteiger partial charge in [0.25, 0.3) is 0 Å². The van der Waals surface area contributed by atoms with Crippen molar-refractivity contribution in [2.45, 2.75) is 26.8 Å². The number of pyridine rings is 1. The van der Waals surface area contributed by atoms with Crippen LogP contribution in [0.3, 0.4) is 0 Å². The van der Waals surface area contributed by atoms with E-state index >= 15 is 0 Å². The number of benzene rings is 1. The number of hydrogen-bond donors (Lipinski definition) is 2. The van der Waals surface area contributed by atoms with Crippen LogP contribution in [0, 0.1) is 6.92 Å². The second-order valence-corrected chi connectivity index (χ2v) is 5.45. The summed E-state index contributed by atoms with van der Waals surface area (Å²) in [6.07, 6.45) is 4.66. The lowest BCUT2D eigenvalue weighted by Gasteiger charge is -2.14. The SMILES string of the molecule is CCOc1ccccc1CNC(=NC)NCCc1ccncc1C.I. The Balaban J connectivity index is 0.00000312. The molecule has 6 heteroatoms. The third-order valence-electron chi connectivity index (χ3n) is 3.77. The first-order valence-electron chi connectivity index (χ1n) is 8.29. The van der Waals surface area contributed by atoms with E-state index < -0.39 is 0 Å². The number of aromatic nitrogens is 1. The predicted molar refractivity (Wildman–Crippen MR) is 114 cm³/mol. The van der Waals surface area contributed by atoms with Gasteiger partial charge in [-0.15, -0.1) is 24.0 Å². The van der Waals surface area contributed by atoms with Crippen LogP contribution >= 0.6 is 24.0 Å². The molecule has 0 radical (unpaired) electrons. The lowest BCUT2D eigenvalue weighted by Crippen LogP contribution is -2.38. The van der Waals surface area contributed by atoms with Gasteiger partial charge in [-0.3, -0.25) is 9.98 Å². The van der Waals surface area contributed by atoms with E-state index in [-0.39, 0.29) is 24.0 Å². The molecule has 5 nitrogen and oxygen atoms in total. The largest absolute Gasteiger partial charge is 0.494 e. The first-order valence-corrected chi connectivity index (χ1v) is 8.29. The zero-order chi connectivity index (χ0) is 17.2. The average Bonchev–Trinajstić information content (AvgIpc) is 2.61. The molecule has 136 valence electrons. The lowest BCUT2D eigenvalue weighted by atomic mass is 10.1. The van der Waals surface area contributed by atoms with Crippen LogP contribution in [0.2, 0.25) is 0 Å². The molecule has 0 saturated heterocycles. The summed E-state index contributed by atoms with van der Waals surface area (Å²) in [6.45, 7) is 6.23. The van der Waals surface area contributed by atoms with Gasteiger partial charge >= 0.3 is 0 Å². The minimum absolute atomic E-state index is 0. The maximum absolute atomic E-state index is 5.65. The Bertz CT molecular complexity index is 676. The van der Waals surface area contributed by atoms with Gasteiger partial charge in [0, 0.05) is 38.1 Å². The molecule has 0 unspecified atom stereocenters. The van der Waals surface area contributed by atoms with E-state index in [2.05, 4.69) is 39.7 Å². The molecule has 2 N–H and O–H groups in total. The van der Waals surface area contributed by atoms with Gasteiger partial charge in [0.1, 0.15) is 5.75 Å². The van der Waals surface area contributed by atoms with Crippen LogP contribution in [0.4, 0.5) is 0 Å². The fourth-order valence-electron chi connectivity index (χ4n) is 2.44. The van der Waals surface area contributed by atoms with Gasteiger partial charge in [-0.25, -0.2) is 0 Å². The number of hydrogen-bond acceptors (Lipinski definition) is 3. The van der Waals surface area contributed by atoms with Crippen LogP contribution in [-0.2, 0) is 13.0 Å². The Labute approximate surface area is 167 Å². The molecule has 0 aliphatic rings. The molecule has 1 aromatic heterocycles. The van der Waals surface area contributed by atoms with Crippen molar-refractivity contribution in [3.63, 3.8) is 0 Å². The quantitative estimate of drug-likeness (QED) is 0.383. The number of rotatable bonds is 7. The highest BCUT2D eigenvalue weighted by molar-refractivity contribution is 14.0. The van der Waals surface area contributed by atoms with Gasteiger partial charge in [-0.1, -0.05) is 18.2 Å². The third-order valence-corrected chi connectivity index (χ3v) is 3.77. The van der Waals surface area contributed by atoms with E-state index in [0.717, 1.165) is 30.2 Å². The number of guanidine groups is 1. The molecule has 0 amide bonds. The van der Waals surface area contributed by atoms with Crippen LogP contribution in [-0.4, -0.2) is 31.1 Å². The second-order valence-electron chi connectivity index (χ2n) is 5.45. The van der Waals surface area contributed by atoms with E-state index in [9.17, 15) is 0 Å². The topological polar surface area (TPSA) is 58.5 Å². The summed E-state index contributed by atoms with van der Waals surface area (Å²) in [5.74, 6) is 1.70. The number of ether oxygens (including phenoxy) is 1. The maximum Gasteiger partial charge on any atom is 0.191 e. The van der Waals surface area contributed by atoms with Crippen molar-refractivity contribution in [3.05, 3.63) is 59.4 Å². The van der Waals surface area contributed by atoms with Crippen molar-refractivity contribution in [2.24, 2.45) is 4.99 Å². The molecule has 25 heavy (non-hydrogen) atoms. The number of halogens is 1. The molecule has 2 rings (SSSR count). The number of aliphatic imine (C=N–C) groups is 1. The normalized spacial score (nSPS) is 10.8. The minimum atomic E-state index is 0. The van der Waals surface area contributed by atoms with Crippen molar-refractivity contribution < 1.29 is 4.74 Å². The highest BCUT2D eigenvalue weighted by Gasteiger charge is 2.04. The Morgan fingerprint density at radius 1 is 1.16 bits per heavy atom. The molecule has 0 saturated carbocycles. The van der Waals surface area contributed by atoms with E-state index in [1.807, 2.05) is 37.5 Å². The number of nitrogens with zero attached hydrogens (tertiary/aromatic N) is 2. The van der Waals surface area contributed by atoms with Gasteiger partial charge in [-0.05, 0) is 43.5 Å². The Morgan fingerprint density at radius 3 is 2.68 bits per heavy atom. The van der Waals surface area contributed by atoms with Crippen LogP contribution in [0.5, 0.6) is 5.75 Å². The lowest BCUT2D eigenvalue weighted by molar-refractivity contribution is 0.336. The predicted octanol–water partition coefficient (Wildman–Crippen LogP) is 3.31. The fraction of sp³-hybridized carbons (Fsp3) is 0.368. The van der Waals surface area contributed by atoms with Crippen molar-refractivity contribution in [3.8, 4) is 5.75 Å². The third kappa shape index (κ3) is 6.89. The molecule has 1 aromatic carbocycles. The molecule has 0 aliphatic carbocycles. The molecular formula is C19H27IN4O. The highest BCUT2D eigenvalue weighted by Crippen LogP contribution is 2.17. The Morgan fingerprint density at radius 2 is 1.96 bits per heavy atom. The van der Waals surface area contributed by atoms with Crippen LogP contribution < -0.4 is 15.4 Å². The van der Waals surface area contributed by atoms with Crippen LogP contribution in [0.25, 0.3) is 0 Å². The molecule has 0 aliphatic heterocycles. The first-order chi connectivity index (χ1) is 11.7. The number of nitrogens with one attached hydrogen (secondary N) is 2. The fourth-order valence-corrected chi connectivity index (χ4v) is 2.44. The van der Waals surface area contributed by atoms with Crippen molar-refractivity contribution >= 4 is 29.9 Å². The van der Waals surface area contributed by atoms with Gasteiger partial charge < -0.3 is 15.4 Å². The zero-order valence-corrected chi connectivity index (χ0v) is 17.4. The summed E-state index contributed by atoms with van der Waals surface area (Å²) < 4.78 is 5.65.